The summed E-state index contributed by atoms with van der Waals surface area (Å²) in [5.41, 5.74) is 1.56. The first kappa shape index (κ1) is 14.8. The average Bonchev–Trinajstić information content (AvgIpc) is 3.34. The van der Waals surface area contributed by atoms with Gasteiger partial charge in [0.1, 0.15) is 5.69 Å². The zero-order chi connectivity index (χ0) is 17.6. The molecule has 6 atom stereocenters. The highest BCUT2D eigenvalue weighted by molar-refractivity contribution is 6.23. The van der Waals surface area contributed by atoms with E-state index in [-0.39, 0.29) is 46.9 Å². The van der Waals surface area contributed by atoms with E-state index >= 15 is 0 Å². The first-order chi connectivity index (χ1) is 11.9. The van der Waals surface area contributed by atoms with Crippen molar-refractivity contribution in [3.63, 3.8) is 0 Å². The van der Waals surface area contributed by atoms with Gasteiger partial charge in [-0.05, 0) is 61.1 Å². The maximum absolute atomic E-state index is 13.1. The molecule has 4 aliphatic carbocycles. The third-order valence-electron chi connectivity index (χ3n) is 6.69. The molecule has 5 aliphatic rings. The van der Waals surface area contributed by atoms with Crippen molar-refractivity contribution in [1.82, 2.24) is 0 Å². The van der Waals surface area contributed by atoms with Crippen molar-refractivity contribution in [3.05, 3.63) is 45.5 Å². The fourth-order valence-corrected chi connectivity index (χ4v) is 5.31. The monoisotopic (exact) mass is 338 g/mol. The van der Waals surface area contributed by atoms with E-state index in [0.717, 1.165) is 22.4 Å². The molecule has 2 saturated carbocycles. The van der Waals surface area contributed by atoms with Crippen molar-refractivity contribution in [1.29, 1.82) is 0 Å². The van der Waals surface area contributed by atoms with Gasteiger partial charge in [0.15, 0.2) is 0 Å². The van der Waals surface area contributed by atoms with E-state index in [4.69, 9.17) is 0 Å². The number of carbonyl (C=O) groups excluding carboxylic acids is 2. The molecule has 0 radical (unpaired) electrons. The van der Waals surface area contributed by atoms with Gasteiger partial charge in [0.2, 0.25) is 11.8 Å². The van der Waals surface area contributed by atoms with Gasteiger partial charge in [0.25, 0.3) is 5.69 Å². The van der Waals surface area contributed by atoms with Crippen molar-refractivity contribution in [3.8, 4) is 0 Å². The van der Waals surface area contributed by atoms with E-state index in [1.807, 2.05) is 6.92 Å². The summed E-state index contributed by atoms with van der Waals surface area (Å²) in [5.74, 6) is 0.0708. The molecule has 2 bridgehead atoms. The highest BCUT2D eigenvalue weighted by atomic mass is 16.6. The Morgan fingerprint density at radius 1 is 1.00 bits per heavy atom. The molecule has 2 amide bonds. The molecule has 6 nitrogen and oxygen atoms in total. The summed E-state index contributed by atoms with van der Waals surface area (Å²) in [6.07, 6.45) is 5.30. The molecule has 25 heavy (non-hydrogen) atoms. The SMILES string of the molecule is Cc1cc(N2C(=O)[C@H]3[C@@H]4C=C[C@H]([C@@H]5C[C@H]45)[C@@H]3C2=O)c([N+](=O)[O-])cc1C. The van der Waals surface area contributed by atoms with Crippen LogP contribution in [0.15, 0.2) is 24.3 Å². The van der Waals surface area contributed by atoms with E-state index in [9.17, 15) is 19.7 Å². The van der Waals surface area contributed by atoms with Crippen LogP contribution in [-0.2, 0) is 9.59 Å². The van der Waals surface area contributed by atoms with Gasteiger partial charge in [-0.25, -0.2) is 4.90 Å². The molecule has 3 fully saturated rings. The molecule has 1 aliphatic heterocycles. The Labute approximate surface area is 144 Å². The summed E-state index contributed by atoms with van der Waals surface area (Å²) in [4.78, 5) is 38.4. The highest BCUT2D eigenvalue weighted by Crippen LogP contribution is 2.65. The van der Waals surface area contributed by atoms with Crippen LogP contribution in [0.5, 0.6) is 0 Å². The first-order valence-corrected chi connectivity index (χ1v) is 8.72. The number of imide groups is 1. The van der Waals surface area contributed by atoms with Gasteiger partial charge in [-0.15, -0.1) is 0 Å². The maximum atomic E-state index is 13.1. The third kappa shape index (κ3) is 1.74. The van der Waals surface area contributed by atoms with Crippen LogP contribution in [0.4, 0.5) is 11.4 Å². The lowest BCUT2D eigenvalue weighted by Gasteiger charge is -2.37. The molecule has 0 unspecified atom stereocenters. The van der Waals surface area contributed by atoms with E-state index in [0.29, 0.717) is 11.8 Å². The minimum absolute atomic E-state index is 0.118. The zero-order valence-corrected chi connectivity index (χ0v) is 14.0. The number of hydrogen-bond donors (Lipinski definition) is 0. The molecule has 6 rings (SSSR count). The lowest BCUT2D eigenvalue weighted by Crippen LogP contribution is -2.40. The number of benzene rings is 1. The highest BCUT2D eigenvalue weighted by Gasteiger charge is 2.67. The number of hydrogen-bond acceptors (Lipinski definition) is 4. The predicted octanol–water partition coefficient (Wildman–Crippen LogP) is 2.77. The van der Waals surface area contributed by atoms with Crippen molar-refractivity contribution in [2.45, 2.75) is 20.3 Å². The first-order valence-electron chi connectivity index (χ1n) is 8.72. The van der Waals surface area contributed by atoms with Crippen LogP contribution in [0.2, 0.25) is 0 Å². The molecule has 1 saturated heterocycles. The Morgan fingerprint density at radius 2 is 1.52 bits per heavy atom. The second-order valence-corrected chi connectivity index (χ2v) is 7.85. The molecular weight excluding hydrogens is 320 g/mol. The molecule has 1 heterocycles. The Hall–Kier alpha value is -2.50. The van der Waals surface area contributed by atoms with Crippen molar-refractivity contribution >= 4 is 23.2 Å². The smallest absolute Gasteiger partial charge is 0.274 e. The van der Waals surface area contributed by atoms with Gasteiger partial charge in [-0.1, -0.05) is 12.2 Å². The molecule has 0 spiro atoms. The molecule has 1 aromatic carbocycles. The topological polar surface area (TPSA) is 80.5 Å². The standard InChI is InChI=1S/C19H18N2O4/c1-8-5-14(15(21(24)25)6-9(8)2)20-18(22)16-10-3-4-11(13-7-12(10)13)17(16)19(20)23/h3-6,10-13,16-17H,7H2,1-2H3/t10-,11-,12-,13+,16+,17+/m1/s1. The van der Waals surface area contributed by atoms with Crippen molar-refractivity contribution in [2.24, 2.45) is 35.5 Å². The van der Waals surface area contributed by atoms with Crippen LogP contribution in [-0.4, -0.2) is 16.7 Å². The fraction of sp³-hybridized carbons (Fsp3) is 0.474. The van der Waals surface area contributed by atoms with Gasteiger partial charge in [0.05, 0.1) is 16.8 Å². The number of rotatable bonds is 2. The summed E-state index contributed by atoms with van der Waals surface area (Å²) in [5, 5.41) is 11.5. The summed E-state index contributed by atoms with van der Waals surface area (Å²) in [6, 6.07) is 3.06. The van der Waals surface area contributed by atoms with Crippen LogP contribution in [0.25, 0.3) is 0 Å². The molecule has 0 N–H and O–H groups in total. The van der Waals surface area contributed by atoms with E-state index in [1.54, 1.807) is 13.0 Å². The quantitative estimate of drug-likeness (QED) is 0.359. The predicted molar refractivity (Wildman–Crippen MR) is 89.8 cm³/mol. The fourth-order valence-electron chi connectivity index (χ4n) is 5.31. The minimum Gasteiger partial charge on any atom is -0.274 e. The van der Waals surface area contributed by atoms with Gasteiger partial charge in [0, 0.05) is 6.07 Å². The number of anilines is 1. The second kappa shape index (κ2) is 4.56. The number of aryl methyl sites for hydroxylation is 2. The number of nitro groups is 1. The molecule has 128 valence electrons. The number of carbonyl (C=O) groups is 2. The normalized spacial score (nSPS) is 37.3. The van der Waals surface area contributed by atoms with Gasteiger partial charge < -0.3 is 0 Å². The molecule has 6 heteroatoms. The Bertz CT molecular complexity index is 854. The number of nitro benzene ring substituents is 1. The Morgan fingerprint density at radius 3 is 2.04 bits per heavy atom. The van der Waals surface area contributed by atoms with Crippen LogP contribution in [0.1, 0.15) is 17.5 Å². The van der Waals surface area contributed by atoms with Crippen LogP contribution >= 0.6 is 0 Å². The third-order valence-corrected chi connectivity index (χ3v) is 6.69. The van der Waals surface area contributed by atoms with Crippen molar-refractivity contribution < 1.29 is 14.5 Å². The van der Waals surface area contributed by atoms with Gasteiger partial charge in [-0.3, -0.25) is 19.7 Å². The second-order valence-electron chi connectivity index (χ2n) is 7.85. The van der Waals surface area contributed by atoms with Crippen LogP contribution in [0.3, 0.4) is 0 Å². The van der Waals surface area contributed by atoms with Crippen molar-refractivity contribution in [2.75, 3.05) is 4.90 Å². The largest absolute Gasteiger partial charge is 0.293 e. The summed E-state index contributed by atoms with van der Waals surface area (Å²) < 4.78 is 0. The zero-order valence-electron chi connectivity index (χ0n) is 14.0. The molecule has 1 aromatic rings. The van der Waals surface area contributed by atoms with Gasteiger partial charge in [-0.2, -0.15) is 0 Å². The summed E-state index contributed by atoms with van der Waals surface area (Å²) in [6.45, 7) is 3.62. The van der Waals surface area contributed by atoms with Crippen LogP contribution in [0, 0.1) is 59.5 Å². The maximum Gasteiger partial charge on any atom is 0.293 e. The van der Waals surface area contributed by atoms with E-state index in [1.165, 1.54) is 6.07 Å². The van der Waals surface area contributed by atoms with Crippen LogP contribution < -0.4 is 4.90 Å². The average molecular weight is 338 g/mol. The number of nitrogens with zero attached hydrogens (tertiary/aromatic N) is 2. The Kier molecular flexibility index (Phi) is 2.70. The minimum atomic E-state index is -0.505. The Balaban J connectivity index is 1.63. The van der Waals surface area contributed by atoms with E-state index < -0.39 is 4.92 Å². The molecule has 0 aromatic heterocycles. The van der Waals surface area contributed by atoms with E-state index in [2.05, 4.69) is 12.2 Å². The summed E-state index contributed by atoms with van der Waals surface area (Å²) >= 11 is 0. The number of amides is 2. The number of allylic oxidation sites excluding steroid dienone is 2. The van der Waals surface area contributed by atoms with Gasteiger partial charge >= 0.3 is 0 Å². The lowest BCUT2D eigenvalue weighted by atomic mass is 9.63. The lowest BCUT2D eigenvalue weighted by molar-refractivity contribution is -0.384. The molecular formula is C19H18N2O4. The summed E-state index contributed by atoms with van der Waals surface area (Å²) in [7, 11) is 0.